The van der Waals surface area contributed by atoms with E-state index in [9.17, 15) is 0 Å². The highest BCUT2D eigenvalue weighted by molar-refractivity contribution is 5.83. The van der Waals surface area contributed by atoms with Crippen molar-refractivity contribution >= 4 is 46.4 Å². The maximum Gasteiger partial charge on any atom is 0.236 e. The molecule has 33 heavy (non-hydrogen) atoms. The van der Waals surface area contributed by atoms with E-state index in [1.807, 2.05) is 18.2 Å². The first-order valence-corrected chi connectivity index (χ1v) is 11.1. The molecule has 6 heterocycles. The molecule has 0 spiro atoms. The van der Waals surface area contributed by atoms with Crippen molar-refractivity contribution in [3.8, 4) is 5.69 Å². The number of rotatable bonds is 1. The Kier molecular flexibility index (Phi) is 4.37. The third-order valence-electron chi connectivity index (χ3n) is 6.43. The molecule has 0 unspecified atom stereocenters. The van der Waals surface area contributed by atoms with E-state index in [0.717, 1.165) is 67.2 Å². The zero-order valence-electron chi connectivity index (χ0n) is 18.8. The molecular weight excluding hydrogens is 406 g/mol. The van der Waals surface area contributed by atoms with Crippen LogP contribution in [-0.4, -0.2) is 19.9 Å². The second kappa shape index (κ2) is 7.41. The number of pyridine rings is 1. The Bertz CT molecular complexity index is 1630. The first-order valence-electron chi connectivity index (χ1n) is 11.1. The third-order valence-corrected chi connectivity index (χ3v) is 6.43. The molecule has 8 bridgehead atoms. The van der Waals surface area contributed by atoms with Crippen molar-refractivity contribution in [2.24, 2.45) is 0 Å². The average molecular weight is 431 g/mol. The molecule has 5 heteroatoms. The van der Waals surface area contributed by atoms with Gasteiger partial charge in [-0.05, 0) is 68.8 Å². The van der Waals surface area contributed by atoms with Gasteiger partial charge in [-0.15, -0.1) is 0 Å². The molecule has 4 aromatic heterocycles. The van der Waals surface area contributed by atoms with Gasteiger partial charge in [-0.25, -0.2) is 9.97 Å². The van der Waals surface area contributed by atoms with Crippen molar-refractivity contribution in [3.63, 3.8) is 0 Å². The lowest BCUT2D eigenvalue weighted by Crippen LogP contribution is -2.28. The highest BCUT2D eigenvalue weighted by Gasteiger charge is 2.16. The van der Waals surface area contributed by atoms with Gasteiger partial charge in [-0.2, -0.15) is 4.57 Å². The maximum absolute atomic E-state index is 4.97. The van der Waals surface area contributed by atoms with Crippen LogP contribution in [0.3, 0.4) is 0 Å². The Morgan fingerprint density at radius 3 is 1.97 bits per heavy atom. The third kappa shape index (κ3) is 3.29. The lowest BCUT2D eigenvalue weighted by Gasteiger charge is -1.97. The van der Waals surface area contributed by atoms with E-state index in [1.54, 1.807) is 0 Å². The van der Waals surface area contributed by atoms with Crippen LogP contribution in [0, 0.1) is 20.8 Å². The molecule has 5 nitrogen and oxygen atoms in total. The molecule has 160 valence electrons. The molecule has 2 aliphatic heterocycles. The van der Waals surface area contributed by atoms with E-state index >= 15 is 0 Å². The number of hydrogen-bond acceptors (Lipinski definition) is 2. The van der Waals surface area contributed by atoms with Gasteiger partial charge in [0.25, 0.3) is 0 Å². The van der Waals surface area contributed by atoms with Crippen molar-refractivity contribution in [2.75, 3.05) is 0 Å². The van der Waals surface area contributed by atoms with Gasteiger partial charge in [-0.3, -0.25) is 0 Å². The summed E-state index contributed by atoms with van der Waals surface area (Å²) in [6, 6.07) is 14.6. The lowest BCUT2D eigenvalue weighted by molar-refractivity contribution is -0.594. The molecule has 0 radical (unpaired) electrons. The van der Waals surface area contributed by atoms with Gasteiger partial charge in [0.05, 0.1) is 22.8 Å². The van der Waals surface area contributed by atoms with E-state index in [4.69, 9.17) is 9.97 Å². The van der Waals surface area contributed by atoms with E-state index in [-0.39, 0.29) is 0 Å². The Labute approximate surface area is 191 Å². The lowest BCUT2D eigenvalue weighted by atomic mass is 10.2. The van der Waals surface area contributed by atoms with E-state index in [0.29, 0.717) is 0 Å². The first kappa shape index (κ1) is 19.4. The van der Waals surface area contributed by atoms with E-state index in [2.05, 4.69) is 96.3 Å². The molecule has 0 aromatic carbocycles. The molecule has 6 rings (SSSR count). The fourth-order valence-electron chi connectivity index (χ4n) is 4.43. The minimum atomic E-state index is 0.952. The van der Waals surface area contributed by atoms with Crippen LogP contribution >= 0.6 is 0 Å². The van der Waals surface area contributed by atoms with Gasteiger partial charge < -0.3 is 9.97 Å². The zero-order chi connectivity index (χ0) is 22.5. The summed E-state index contributed by atoms with van der Waals surface area (Å²) in [4.78, 5) is 17.0. The number of H-pyrrole nitrogens is 2. The Balaban J connectivity index is 1.76. The van der Waals surface area contributed by atoms with Gasteiger partial charge in [0, 0.05) is 45.9 Å². The van der Waals surface area contributed by atoms with Gasteiger partial charge >= 0.3 is 0 Å². The second-order valence-corrected chi connectivity index (χ2v) is 8.55. The fraction of sp³-hybridized carbons (Fsp3) is 0.107. The second-order valence-electron chi connectivity index (χ2n) is 8.55. The van der Waals surface area contributed by atoms with Crippen LogP contribution in [0.15, 0.2) is 54.9 Å². The van der Waals surface area contributed by atoms with Crippen LogP contribution in [0.2, 0.25) is 0 Å². The topological polar surface area (TPSA) is 61.2 Å². The summed E-state index contributed by atoms with van der Waals surface area (Å²) in [6.07, 6.45) is 12.5. The Morgan fingerprint density at radius 1 is 0.636 bits per heavy atom. The first-order chi connectivity index (χ1) is 16.1. The van der Waals surface area contributed by atoms with Gasteiger partial charge in [0.1, 0.15) is 5.52 Å². The number of hydrogen-bond donors (Lipinski definition) is 2. The van der Waals surface area contributed by atoms with Crippen molar-refractivity contribution in [3.05, 3.63) is 94.3 Å². The standard InChI is InChI=1S/C28H24N5/c1-17-22-8-7-20(29-22)15-21-16-27(33-13-5-4-6-14-33)28(30-21)19(3)26-12-11-25(32-26)18(2)24-10-9-23(17)31-24/h4-16,29-30H,1-3H3/q+1. The largest absolute Gasteiger partial charge is 0.355 e. The summed E-state index contributed by atoms with van der Waals surface area (Å²) in [5.41, 5.74) is 12.4. The number of nitrogens with zero attached hydrogens (tertiary/aromatic N) is 3. The number of fused-ring (bicyclic) bond motifs is 8. The smallest absolute Gasteiger partial charge is 0.236 e. The number of aromatic amines is 2. The molecule has 0 atom stereocenters. The number of aromatic nitrogens is 5. The molecule has 4 aromatic rings. The molecule has 0 fully saturated rings. The predicted molar refractivity (Wildman–Crippen MR) is 135 cm³/mol. The Hall–Kier alpha value is -4.25. The van der Waals surface area contributed by atoms with Crippen LogP contribution in [0.1, 0.15) is 39.5 Å². The summed E-state index contributed by atoms with van der Waals surface area (Å²) < 4.78 is 2.13. The minimum absolute atomic E-state index is 0.952. The van der Waals surface area contributed by atoms with Crippen LogP contribution in [0.4, 0.5) is 0 Å². The van der Waals surface area contributed by atoms with Crippen LogP contribution in [-0.2, 0) is 0 Å². The molecule has 2 N–H and O–H groups in total. The van der Waals surface area contributed by atoms with Crippen molar-refractivity contribution in [1.82, 2.24) is 19.9 Å². The van der Waals surface area contributed by atoms with Gasteiger partial charge in [0.15, 0.2) is 12.4 Å². The predicted octanol–water partition coefficient (Wildman–Crippen LogP) is 5.86. The summed E-state index contributed by atoms with van der Waals surface area (Å²) >= 11 is 0. The summed E-state index contributed by atoms with van der Waals surface area (Å²) in [6.45, 7) is 6.32. The van der Waals surface area contributed by atoms with E-state index < -0.39 is 0 Å². The molecule has 0 aliphatic carbocycles. The van der Waals surface area contributed by atoms with Gasteiger partial charge in [0.2, 0.25) is 5.69 Å². The molecular formula is C28H24N5+. The van der Waals surface area contributed by atoms with Crippen molar-refractivity contribution in [2.45, 2.75) is 20.8 Å². The maximum atomic E-state index is 4.97. The Morgan fingerprint density at radius 2 is 1.27 bits per heavy atom. The molecule has 0 saturated carbocycles. The molecule has 2 aliphatic rings. The highest BCUT2D eigenvalue weighted by Crippen LogP contribution is 2.26. The number of nitrogens with one attached hydrogen (secondary N) is 2. The normalized spacial score (nSPS) is 12.5. The van der Waals surface area contributed by atoms with Gasteiger partial charge in [-0.1, -0.05) is 6.07 Å². The summed E-state index contributed by atoms with van der Waals surface area (Å²) in [5, 5.41) is 0. The summed E-state index contributed by atoms with van der Waals surface area (Å²) in [5.74, 6) is 0. The SMILES string of the molecule is Cc1c2nc(c(C)c3ccc(cc4cc(-[n+]5ccccc5)c([nH]4)c(C)c4nc1C=C4)[nH]3)C=C2. The summed E-state index contributed by atoms with van der Waals surface area (Å²) in [7, 11) is 0. The quantitative estimate of drug-likeness (QED) is 0.321. The average Bonchev–Trinajstić information content (AvgIpc) is 3.64. The zero-order valence-corrected chi connectivity index (χ0v) is 18.8. The molecule has 0 saturated heterocycles. The molecule has 0 amide bonds. The minimum Gasteiger partial charge on any atom is -0.355 e. The number of aryl methyl sites for hydroxylation is 2. The fourth-order valence-corrected chi connectivity index (χ4v) is 4.43. The highest BCUT2D eigenvalue weighted by atomic mass is 15.0. The van der Waals surface area contributed by atoms with E-state index in [1.165, 1.54) is 0 Å². The van der Waals surface area contributed by atoms with Crippen LogP contribution < -0.4 is 4.57 Å². The monoisotopic (exact) mass is 430 g/mol. The van der Waals surface area contributed by atoms with Crippen LogP contribution in [0.25, 0.3) is 52.1 Å². The van der Waals surface area contributed by atoms with Crippen LogP contribution in [0.5, 0.6) is 0 Å². The van der Waals surface area contributed by atoms with Crippen molar-refractivity contribution in [1.29, 1.82) is 0 Å². The van der Waals surface area contributed by atoms with Crippen molar-refractivity contribution < 1.29 is 4.57 Å².